The fourth-order valence-electron chi connectivity index (χ4n) is 4.28. The van der Waals surface area contributed by atoms with Crippen molar-refractivity contribution in [2.24, 2.45) is 0 Å². The van der Waals surface area contributed by atoms with Gasteiger partial charge in [0.05, 0.1) is 0 Å². The molecule has 4 nitrogen and oxygen atoms in total. The Morgan fingerprint density at radius 2 is 1.70 bits per heavy atom. The lowest BCUT2D eigenvalue weighted by Crippen LogP contribution is -2.57. The van der Waals surface area contributed by atoms with Crippen molar-refractivity contribution in [2.45, 2.75) is 44.7 Å². The second-order valence-electron chi connectivity index (χ2n) is 7.47. The van der Waals surface area contributed by atoms with E-state index in [9.17, 15) is 0 Å². The molecule has 0 aliphatic carbocycles. The molecule has 0 bridgehead atoms. The second-order valence-corrected chi connectivity index (χ2v) is 7.47. The second kappa shape index (κ2) is 6.30. The summed E-state index contributed by atoms with van der Waals surface area (Å²) >= 11 is 0. The summed E-state index contributed by atoms with van der Waals surface area (Å²) in [5.41, 5.74) is 0.321. The lowest BCUT2D eigenvalue weighted by Gasteiger charge is -2.43. The van der Waals surface area contributed by atoms with E-state index in [0.717, 1.165) is 19.1 Å². The van der Waals surface area contributed by atoms with Crippen molar-refractivity contribution in [3.63, 3.8) is 0 Å². The number of hydrogen-bond donors (Lipinski definition) is 1. The summed E-state index contributed by atoms with van der Waals surface area (Å²) in [6, 6.07) is 0.844. The summed E-state index contributed by atoms with van der Waals surface area (Å²) in [5, 5.41) is 3.46. The molecule has 116 valence electrons. The minimum atomic E-state index is 0.321. The maximum Gasteiger partial charge on any atom is 0.0281 e. The SMILES string of the molecule is CC(C)(CN1CCC(N2CCCC2)C1)N1CCNCC1. The van der Waals surface area contributed by atoms with Crippen LogP contribution in [0.1, 0.15) is 33.1 Å². The molecule has 0 aromatic heterocycles. The molecule has 1 N–H and O–H groups in total. The first-order valence-corrected chi connectivity index (χ1v) is 8.57. The molecule has 4 heteroatoms. The predicted molar refractivity (Wildman–Crippen MR) is 84.2 cm³/mol. The Kier molecular flexibility index (Phi) is 4.65. The Morgan fingerprint density at radius 1 is 1.00 bits per heavy atom. The molecule has 1 atom stereocenters. The van der Waals surface area contributed by atoms with E-state index in [1.54, 1.807) is 0 Å². The average molecular weight is 280 g/mol. The van der Waals surface area contributed by atoms with Crippen LogP contribution in [0.15, 0.2) is 0 Å². The molecule has 0 saturated carbocycles. The maximum atomic E-state index is 3.46. The number of rotatable bonds is 4. The molecule has 3 heterocycles. The van der Waals surface area contributed by atoms with Crippen molar-refractivity contribution in [3.8, 4) is 0 Å². The molecular formula is C16H32N4. The van der Waals surface area contributed by atoms with Crippen LogP contribution in [0.25, 0.3) is 0 Å². The Morgan fingerprint density at radius 3 is 2.40 bits per heavy atom. The highest BCUT2D eigenvalue weighted by Gasteiger charge is 2.34. The molecule has 3 aliphatic rings. The molecular weight excluding hydrogens is 248 g/mol. The molecule has 0 radical (unpaired) electrons. The Labute approximate surface area is 124 Å². The largest absolute Gasteiger partial charge is 0.314 e. The minimum absolute atomic E-state index is 0.321. The first kappa shape index (κ1) is 14.8. The molecule has 3 aliphatic heterocycles. The molecule has 0 aromatic carbocycles. The highest BCUT2D eigenvalue weighted by molar-refractivity contribution is 4.92. The number of nitrogens with zero attached hydrogens (tertiary/aromatic N) is 3. The summed E-state index contributed by atoms with van der Waals surface area (Å²) in [5.74, 6) is 0. The van der Waals surface area contributed by atoms with E-state index in [2.05, 4.69) is 33.9 Å². The van der Waals surface area contributed by atoms with Gasteiger partial charge in [0.25, 0.3) is 0 Å². The van der Waals surface area contributed by atoms with Crippen molar-refractivity contribution in [1.82, 2.24) is 20.0 Å². The van der Waals surface area contributed by atoms with Gasteiger partial charge in [-0.2, -0.15) is 0 Å². The van der Waals surface area contributed by atoms with Gasteiger partial charge in [-0.1, -0.05) is 0 Å². The van der Waals surface area contributed by atoms with Gasteiger partial charge in [0, 0.05) is 50.8 Å². The van der Waals surface area contributed by atoms with Crippen molar-refractivity contribution in [2.75, 3.05) is 58.9 Å². The number of likely N-dealkylation sites (tertiary alicyclic amines) is 2. The fraction of sp³-hybridized carbons (Fsp3) is 1.00. The first-order valence-electron chi connectivity index (χ1n) is 8.57. The van der Waals surface area contributed by atoms with Crippen molar-refractivity contribution in [3.05, 3.63) is 0 Å². The molecule has 0 amide bonds. The number of hydrogen-bond acceptors (Lipinski definition) is 4. The van der Waals surface area contributed by atoms with Gasteiger partial charge in [-0.05, 0) is 52.7 Å². The highest BCUT2D eigenvalue weighted by atomic mass is 15.3. The Balaban J connectivity index is 1.50. The first-order chi connectivity index (χ1) is 9.65. The van der Waals surface area contributed by atoms with Crippen molar-refractivity contribution < 1.29 is 0 Å². The third kappa shape index (κ3) is 3.35. The van der Waals surface area contributed by atoms with Gasteiger partial charge < -0.3 is 5.32 Å². The lowest BCUT2D eigenvalue weighted by atomic mass is 10.0. The monoisotopic (exact) mass is 280 g/mol. The summed E-state index contributed by atoms with van der Waals surface area (Å²) in [7, 11) is 0. The van der Waals surface area contributed by atoms with Crippen molar-refractivity contribution in [1.29, 1.82) is 0 Å². The van der Waals surface area contributed by atoms with Crippen LogP contribution >= 0.6 is 0 Å². The van der Waals surface area contributed by atoms with E-state index in [4.69, 9.17) is 0 Å². The summed E-state index contributed by atoms with van der Waals surface area (Å²) < 4.78 is 0. The summed E-state index contributed by atoms with van der Waals surface area (Å²) in [6.45, 7) is 16.1. The van der Waals surface area contributed by atoms with Crippen LogP contribution in [0.3, 0.4) is 0 Å². The van der Waals surface area contributed by atoms with Gasteiger partial charge in [-0.3, -0.25) is 14.7 Å². The van der Waals surface area contributed by atoms with E-state index in [-0.39, 0.29) is 0 Å². The number of piperazine rings is 1. The van der Waals surface area contributed by atoms with E-state index in [1.165, 1.54) is 65.1 Å². The zero-order valence-corrected chi connectivity index (χ0v) is 13.4. The van der Waals surface area contributed by atoms with Gasteiger partial charge in [0.15, 0.2) is 0 Å². The van der Waals surface area contributed by atoms with E-state index in [1.807, 2.05) is 0 Å². The fourth-order valence-corrected chi connectivity index (χ4v) is 4.28. The van der Waals surface area contributed by atoms with E-state index >= 15 is 0 Å². The van der Waals surface area contributed by atoms with Crippen molar-refractivity contribution >= 4 is 0 Å². The zero-order chi connectivity index (χ0) is 14.0. The maximum absolute atomic E-state index is 3.46. The zero-order valence-electron chi connectivity index (χ0n) is 13.4. The average Bonchev–Trinajstić information content (AvgIpc) is 3.10. The van der Waals surface area contributed by atoms with Gasteiger partial charge in [-0.15, -0.1) is 0 Å². The molecule has 3 saturated heterocycles. The summed E-state index contributed by atoms with van der Waals surface area (Å²) in [4.78, 5) is 8.12. The van der Waals surface area contributed by atoms with Crippen LogP contribution in [0.5, 0.6) is 0 Å². The van der Waals surface area contributed by atoms with Gasteiger partial charge >= 0.3 is 0 Å². The third-order valence-corrected chi connectivity index (χ3v) is 5.49. The lowest BCUT2D eigenvalue weighted by molar-refractivity contribution is 0.0683. The van der Waals surface area contributed by atoms with Gasteiger partial charge in [-0.25, -0.2) is 0 Å². The van der Waals surface area contributed by atoms with E-state index in [0.29, 0.717) is 5.54 Å². The standard InChI is InChI=1S/C16H32N4/c1-16(2,20-11-6-17-7-12-20)14-18-10-5-15(13-18)19-8-3-4-9-19/h15,17H,3-14H2,1-2H3. The van der Waals surface area contributed by atoms with Gasteiger partial charge in [0.1, 0.15) is 0 Å². The van der Waals surface area contributed by atoms with Crippen LogP contribution in [0, 0.1) is 0 Å². The third-order valence-electron chi connectivity index (χ3n) is 5.49. The van der Waals surface area contributed by atoms with Crippen LogP contribution in [0.2, 0.25) is 0 Å². The Bertz CT molecular complexity index is 306. The quantitative estimate of drug-likeness (QED) is 0.824. The summed E-state index contributed by atoms with van der Waals surface area (Å²) in [6.07, 6.45) is 4.23. The topological polar surface area (TPSA) is 21.8 Å². The molecule has 20 heavy (non-hydrogen) atoms. The normalized spacial score (nSPS) is 31.2. The van der Waals surface area contributed by atoms with Crippen LogP contribution in [-0.4, -0.2) is 85.2 Å². The molecule has 3 rings (SSSR count). The molecule has 3 fully saturated rings. The van der Waals surface area contributed by atoms with Gasteiger partial charge in [0.2, 0.25) is 0 Å². The minimum Gasteiger partial charge on any atom is -0.314 e. The van der Waals surface area contributed by atoms with Crippen LogP contribution in [-0.2, 0) is 0 Å². The smallest absolute Gasteiger partial charge is 0.0281 e. The Hall–Kier alpha value is -0.160. The van der Waals surface area contributed by atoms with Crippen LogP contribution < -0.4 is 5.32 Å². The van der Waals surface area contributed by atoms with Crippen LogP contribution in [0.4, 0.5) is 0 Å². The molecule has 1 unspecified atom stereocenters. The number of nitrogens with one attached hydrogen (secondary N) is 1. The predicted octanol–water partition coefficient (Wildman–Crippen LogP) is 0.840. The highest BCUT2D eigenvalue weighted by Crippen LogP contribution is 2.24. The molecule has 0 spiro atoms. The molecule has 0 aromatic rings. The van der Waals surface area contributed by atoms with E-state index < -0.39 is 0 Å².